The number of nitrogens with two attached hydrogens (primary N) is 1. The predicted molar refractivity (Wildman–Crippen MR) is 58.4 cm³/mol. The summed E-state index contributed by atoms with van der Waals surface area (Å²) in [5.74, 6) is -0.311. The highest BCUT2D eigenvalue weighted by atomic mass is 35.5. The van der Waals surface area contributed by atoms with Gasteiger partial charge >= 0.3 is 0 Å². The summed E-state index contributed by atoms with van der Waals surface area (Å²) in [6, 6.07) is 2.32. The molecule has 1 rings (SSSR count). The maximum absolute atomic E-state index is 11.7. The second kappa shape index (κ2) is 3.88. The molecule has 0 aliphatic carbocycles. The van der Waals surface area contributed by atoms with Crippen LogP contribution in [0.3, 0.4) is 0 Å². The fourth-order valence-electron chi connectivity index (χ4n) is 0.954. The van der Waals surface area contributed by atoms with Crippen molar-refractivity contribution >= 4 is 27.3 Å². The minimum Gasteiger partial charge on any atom is -0.504 e. The van der Waals surface area contributed by atoms with Crippen LogP contribution in [0.1, 0.15) is 0 Å². The number of benzene rings is 1. The lowest BCUT2D eigenvalue weighted by Gasteiger charge is -2.12. The van der Waals surface area contributed by atoms with Gasteiger partial charge in [0, 0.05) is 14.1 Å². The number of nitrogen functional groups attached to an aromatic ring is 1. The Morgan fingerprint density at radius 3 is 2.33 bits per heavy atom. The van der Waals surface area contributed by atoms with Gasteiger partial charge in [0.25, 0.3) is 0 Å². The van der Waals surface area contributed by atoms with Crippen LogP contribution in [0.5, 0.6) is 5.75 Å². The van der Waals surface area contributed by atoms with Crippen LogP contribution >= 0.6 is 11.6 Å². The van der Waals surface area contributed by atoms with Crippen LogP contribution in [0.2, 0.25) is 5.02 Å². The first-order valence-corrected chi connectivity index (χ1v) is 5.79. The second-order valence-electron chi connectivity index (χ2n) is 3.13. The number of nitrogens with zero attached hydrogens (tertiary/aromatic N) is 1. The van der Waals surface area contributed by atoms with Gasteiger partial charge in [0.1, 0.15) is 0 Å². The van der Waals surface area contributed by atoms with Crippen LogP contribution in [0.4, 0.5) is 5.69 Å². The van der Waals surface area contributed by atoms with E-state index in [0.717, 1.165) is 16.4 Å². The van der Waals surface area contributed by atoms with E-state index in [2.05, 4.69) is 0 Å². The minimum absolute atomic E-state index is 0.0483. The number of phenols is 1. The number of anilines is 1. The topological polar surface area (TPSA) is 83.6 Å². The summed E-state index contributed by atoms with van der Waals surface area (Å²) >= 11 is 5.62. The quantitative estimate of drug-likeness (QED) is 0.603. The van der Waals surface area contributed by atoms with Gasteiger partial charge in [-0.3, -0.25) is 0 Å². The van der Waals surface area contributed by atoms with Gasteiger partial charge in [-0.15, -0.1) is 0 Å². The van der Waals surface area contributed by atoms with Crippen LogP contribution in [-0.2, 0) is 10.0 Å². The van der Waals surface area contributed by atoms with Gasteiger partial charge in [-0.05, 0) is 12.1 Å². The number of hydrogen-bond acceptors (Lipinski definition) is 4. The molecular formula is C8H11ClN2O3S. The molecule has 0 saturated heterocycles. The lowest BCUT2D eigenvalue weighted by atomic mass is 10.3. The average Bonchev–Trinajstić information content (AvgIpc) is 2.13. The van der Waals surface area contributed by atoms with Crippen LogP contribution in [0.25, 0.3) is 0 Å². The van der Waals surface area contributed by atoms with Crippen molar-refractivity contribution in [1.29, 1.82) is 0 Å². The Hall–Kier alpha value is -0.980. The summed E-state index contributed by atoms with van der Waals surface area (Å²) in [7, 11) is -0.791. The number of sulfonamides is 1. The van der Waals surface area contributed by atoms with E-state index in [1.165, 1.54) is 14.1 Å². The van der Waals surface area contributed by atoms with E-state index in [4.69, 9.17) is 17.3 Å². The summed E-state index contributed by atoms with van der Waals surface area (Å²) in [6.07, 6.45) is 0. The molecule has 0 radical (unpaired) electrons. The van der Waals surface area contributed by atoms with Crippen LogP contribution in [0.15, 0.2) is 17.0 Å². The van der Waals surface area contributed by atoms with E-state index >= 15 is 0 Å². The maximum Gasteiger partial charge on any atom is 0.242 e. The third-order valence-electron chi connectivity index (χ3n) is 1.84. The summed E-state index contributed by atoms with van der Waals surface area (Å²) < 4.78 is 24.4. The van der Waals surface area contributed by atoms with Gasteiger partial charge in [-0.25, -0.2) is 12.7 Å². The SMILES string of the molecule is CN(C)S(=O)(=O)c1cc(N)c(O)c(Cl)c1. The number of phenolic OH excluding ortho intramolecular Hbond substituents is 1. The Kier molecular flexibility index (Phi) is 3.13. The molecule has 0 atom stereocenters. The zero-order valence-electron chi connectivity index (χ0n) is 8.23. The van der Waals surface area contributed by atoms with E-state index < -0.39 is 10.0 Å². The number of aromatic hydroxyl groups is 1. The molecule has 0 fully saturated rings. The Bertz CT molecular complexity index is 462. The van der Waals surface area contributed by atoms with Gasteiger partial charge < -0.3 is 10.8 Å². The highest BCUT2D eigenvalue weighted by Gasteiger charge is 2.19. The van der Waals surface area contributed by atoms with E-state index in [0.29, 0.717) is 0 Å². The molecule has 5 nitrogen and oxygen atoms in total. The molecule has 0 spiro atoms. The van der Waals surface area contributed by atoms with Crippen molar-refractivity contribution in [3.8, 4) is 5.75 Å². The van der Waals surface area contributed by atoms with Crippen LogP contribution in [0, 0.1) is 0 Å². The van der Waals surface area contributed by atoms with E-state index in [1.807, 2.05) is 0 Å². The lowest BCUT2D eigenvalue weighted by Crippen LogP contribution is -2.22. The number of halogens is 1. The van der Waals surface area contributed by atoms with Crippen molar-refractivity contribution in [2.45, 2.75) is 4.90 Å². The second-order valence-corrected chi connectivity index (χ2v) is 5.69. The molecule has 0 unspecified atom stereocenters. The van der Waals surface area contributed by atoms with Crippen LogP contribution < -0.4 is 5.73 Å². The van der Waals surface area contributed by atoms with Crippen molar-refractivity contribution in [2.24, 2.45) is 0 Å². The molecule has 0 heterocycles. The molecule has 0 aromatic heterocycles. The van der Waals surface area contributed by atoms with Gasteiger partial charge in [0.15, 0.2) is 5.75 Å². The number of hydrogen-bond donors (Lipinski definition) is 2. The average molecular weight is 251 g/mol. The van der Waals surface area contributed by atoms with E-state index in [1.54, 1.807) is 0 Å². The third-order valence-corrected chi connectivity index (χ3v) is 3.93. The Morgan fingerprint density at radius 1 is 1.40 bits per heavy atom. The summed E-state index contributed by atoms with van der Waals surface area (Å²) in [5.41, 5.74) is 5.33. The van der Waals surface area contributed by atoms with Gasteiger partial charge in [0.2, 0.25) is 10.0 Å². The lowest BCUT2D eigenvalue weighted by molar-refractivity contribution is 0.477. The third kappa shape index (κ3) is 2.17. The molecule has 0 amide bonds. The summed E-state index contributed by atoms with van der Waals surface area (Å²) in [6.45, 7) is 0. The summed E-state index contributed by atoms with van der Waals surface area (Å²) in [5, 5.41) is 9.18. The smallest absolute Gasteiger partial charge is 0.242 e. The largest absolute Gasteiger partial charge is 0.504 e. The zero-order chi connectivity index (χ0) is 11.8. The molecule has 1 aromatic rings. The maximum atomic E-state index is 11.7. The van der Waals surface area contributed by atoms with Gasteiger partial charge in [-0.2, -0.15) is 0 Å². The molecule has 0 saturated carbocycles. The first-order valence-electron chi connectivity index (χ1n) is 3.97. The molecular weight excluding hydrogens is 240 g/mol. The molecule has 0 bridgehead atoms. The molecule has 1 aromatic carbocycles. The molecule has 15 heavy (non-hydrogen) atoms. The van der Waals surface area contributed by atoms with Gasteiger partial charge in [0.05, 0.1) is 15.6 Å². The van der Waals surface area contributed by atoms with Crippen molar-refractivity contribution in [3.05, 3.63) is 17.2 Å². The fourth-order valence-corrected chi connectivity index (χ4v) is 2.21. The Morgan fingerprint density at radius 2 is 1.93 bits per heavy atom. The molecule has 7 heteroatoms. The van der Waals surface area contributed by atoms with Crippen molar-refractivity contribution in [1.82, 2.24) is 4.31 Å². The normalized spacial score (nSPS) is 12.0. The van der Waals surface area contributed by atoms with E-state index in [9.17, 15) is 13.5 Å². The highest BCUT2D eigenvalue weighted by molar-refractivity contribution is 7.89. The highest BCUT2D eigenvalue weighted by Crippen LogP contribution is 2.33. The molecule has 0 aliphatic heterocycles. The van der Waals surface area contributed by atoms with Crippen LogP contribution in [-0.4, -0.2) is 31.9 Å². The molecule has 3 N–H and O–H groups in total. The first kappa shape index (κ1) is 12.1. The fraction of sp³-hybridized carbons (Fsp3) is 0.250. The van der Waals surface area contributed by atoms with Crippen molar-refractivity contribution < 1.29 is 13.5 Å². The van der Waals surface area contributed by atoms with Crippen molar-refractivity contribution in [2.75, 3.05) is 19.8 Å². The van der Waals surface area contributed by atoms with Crippen molar-refractivity contribution in [3.63, 3.8) is 0 Å². The molecule has 84 valence electrons. The number of rotatable bonds is 2. The Balaban J connectivity index is 3.42. The molecule has 0 aliphatic rings. The standard InChI is InChI=1S/C8H11ClN2O3S/c1-11(2)15(13,14)5-3-6(9)8(12)7(10)4-5/h3-4,12H,10H2,1-2H3. The predicted octanol–water partition coefficient (Wildman–Crippen LogP) is 0.878. The van der Waals surface area contributed by atoms with Gasteiger partial charge in [-0.1, -0.05) is 11.6 Å². The zero-order valence-corrected chi connectivity index (χ0v) is 9.80. The first-order chi connectivity index (χ1) is 6.76. The minimum atomic E-state index is -3.58. The summed E-state index contributed by atoms with van der Waals surface area (Å²) in [4.78, 5) is -0.0483. The monoisotopic (exact) mass is 250 g/mol. The Labute approximate surface area is 93.1 Å². The van der Waals surface area contributed by atoms with E-state index in [-0.39, 0.29) is 21.4 Å².